The Morgan fingerprint density at radius 3 is 2.34 bits per heavy atom. The number of rotatable bonds is 12. The molecule has 53 heavy (non-hydrogen) atoms. The SMILES string of the molecule is CCCC(C)CC(C)c1ccc2c(c1)c1ccc(Oc3cccc(-n4nc(C)c(-c5ccccc5)c4C)c3)cc1n2-c1cc(CCC(C)(C)C)ccn1. The standard InChI is InChI=1S/C48H54N4O/c1-9-14-32(2)27-33(3)38-19-22-44-43(29-38)42-21-20-41(31-45(42)51(44)46-28-36(24-26-49-46)23-25-48(6,7)8)53-40-18-13-17-39(30-40)52-35(5)47(34(4)50-52)37-15-11-10-12-16-37/h10-13,15-22,24,26,28-33H,9,14,23,25,27H2,1-8H3. The summed E-state index contributed by atoms with van der Waals surface area (Å²) in [7, 11) is 0. The molecule has 0 radical (unpaired) electrons. The maximum atomic E-state index is 6.65. The van der Waals surface area contributed by atoms with Crippen LogP contribution in [-0.4, -0.2) is 19.3 Å². The molecule has 272 valence electrons. The molecule has 0 N–H and O–H groups in total. The van der Waals surface area contributed by atoms with Crippen molar-refractivity contribution in [3.05, 3.63) is 132 Å². The van der Waals surface area contributed by atoms with Gasteiger partial charge in [-0.25, -0.2) is 9.67 Å². The lowest BCUT2D eigenvalue weighted by Gasteiger charge is -2.18. The van der Waals surface area contributed by atoms with E-state index in [4.69, 9.17) is 14.8 Å². The number of nitrogens with zero attached hydrogens (tertiary/aromatic N) is 4. The van der Waals surface area contributed by atoms with E-state index in [0.29, 0.717) is 11.8 Å². The molecular weight excluding hydrogens is 649 g/mol. The minimum absolute atomic E-state index is 0.265. The summed E-state index contributed by atoms with van der Waals surface area (Å²) < 4.78 is 11.0. The molecule has 3 heterocycles. The number of pyridine rings is 1. The Labute approximate surface area is 315 Å². The van der Waals surface area contributed by atoms with Crippen molar-refractivity contribution in [1.82, 2.24) is 19.3 Å². The first-order valence-corrected chi connectivity index (χ1v) is 19.4. The van der Waals surface area contributed by atoms with Crippen molar-refractivity contribution in [1.29, 1.82) is 0 Å². The van der Waals surface area contributed by atoms with Gasteiger partial charge in [-0.15, -0.1) is 0 Å². The topological polar surface area (TPSA) is 44.9 Å². The highest BCUT2D eigenvalue weighted by Crippen LogP contribution is 2.38. The van der Waals surface area contributed by atoms with Gasteiger partial charge in [-0.3, -0.25) is 4.57 Å². The fourth-order valence-electron chi connectivity index (χ4n) is 7.97. The van der Waals surface area contributed by atoms with Crippen molar-refractivity contribution >= 4 is 21.8 Å². The Morgan fingerprint density at radius 2 is 1.57 bits per heavy atom. The average molecular weight is 703 g/mol. The zero-order valence-corrected chi connectivity index (χ0v) is 32.8. The van der Waals surface area contributed by atoms with Gasteiger partial charge in [0.2, 0.25) is 0 Å². The van der Waals surface area contributed by atoms with Crippen LogP contribution in [0, 0.1) is 25.2 Å². The Balaban J connectivity index is 1.28. The molecule has 2 unspecified atom stereocenters. The Bertz CT molecular complexity index is 2360. The predicted octanol–water partition coefficient (Wildman–Crippen LogP) is 13.3. The van der Waals surface area contributed by atoms with E-state index in [2.05, 4.69) is 145 Å². The van der Waals surface area contributed by atoms with Crippen LogP contribution in [0.2, 0.25) is 0 Å². The third kappa shape index (κ3) is 7.81. The largest absolute Gasteiger partial charge is 0.457 e. The number of benzene rings is 4. The van der Waals surface area contributed by atoms with E-state index in [1.54, 1.807) is 0 Å². The first-order chi connectivity index (χ1) is 25.5. The normalized spacial score (nSPS) is 13.1. The van der Waals surface area contributed by atoms with Gasteiger partial charge in [0.05, 0.1) is 22.4 Å². The lowest BCUT2D eigenvalue weighted by atomic mass is 9.88. The molecule has 0 aliphatic heterocycles. The van der Waals surface area contributed by atoms with Crippen LogP contribution in [0.25, 0.3) is 44.4 Å². The molecule has 0 saturated carbocycles. The molecule has 0 aliphatic carbocycles. The second-order valence-corrected chi connectivity index (χ2v) is 16.3. The van der Waals surface area contributed by atoms with Crippen molar-refractivity contribution in [3.8, 4) is 34.1 Å². The van der Waals surface area contributed by atoms with Gasteiger partial charge in [-0.2, -0.15) is 5.10 Å². The summed E-state index contributed by atoms with van der Waals surface area (Å²) in [6, 6.07) is 36.7. The van der Waals surface area contributed by atoms with Crippen LogP contribution in [-0.2, 0) is 6.42 Å². The number of aryl methyl sites for hydroxylation is 2. The summed E-state index contributed by atoms with van der Waals surface area (Å²) in [6.45, 7) is 18.2. The highest BCUT2D eigenvalue weighted by atomic mass is 16.5. The van der Waals surface area contributed by atoms with Gasteiger partial charge in [0.25, 0.3) is 0 Å². The third-order valence-corrected chi connectivity index (χ3v) is 10.7. The summed E-state index contributed by atoms with van der Waals surface area (Å²) in [5.41, 5.74) is 10.6. The van der Waals surface area contributed by atoms with E-state index < -0.39 is 0 Å². The molecule has 4 aromatic carbocycles. The van der Waals surface area contributed by atoms with Gasteiger partial charge in [0.15, 0.2) is 0 Å². The number of hydrogen-bond acceptors (Lipinski definition) is 3. The zero-order chi connectivity index (χ0) is 37.3. The summed E-state index contributed by atoms with van der Waals surface area (Å²) >= 11 is 0. The highest BCUT2D eigenvalue weighted by Gasteiger charge is 2.19. The van der Waals surface area contributed by atoms with Crippen LogP contribution in [0.15, 0.2) is 109 Å². The second kappa shape index (κ2) is 15.1. The minimum Gasteiger partial charge on any atom is -0.457 e. The van der Waals surface area contributed by atoms with Gasteiger partial charge < -0.3 is 4.74 Å². The first-order valence-electron chi connectivity index (χ1n) is 19.4. The van der Waals surface area contributed by atoms with Crippen LogP contribution >= 0.6 is 0 Å². The number of ether oxygens (including phenoxy) is 1. The molecule has 0 spiro atoms. The zero-order valence-electron chi connectivity index (χ0n) is 32.8. The molecule has 0 fully saturated rings. The Hall–Kier alpha value is -5.16. The molecule has 0 saturated heterocycles. The monoisotopic (exact) mass is 702 g/mol. The lowest BCUT2D eigenvalue weighted by molar-refractivity contribution is 0.378. The predicted molar refractivity (Wildman–Crippen MR) is 222 cm³/mol. The van der Waals surface area contributed by atoms with E-state index in [1.807, 2.05) is 29.1 Å². The summed E-state index contributed by atoms with van der Waals surface area (Å²) in [6.07, 6.45) is 7.78. The van der Waals surface area contributed by atoms with E-state index in [-0.39, 0.29) is 5.41 Å². The number of fused-ring (bicyclic) bond motifs is 3. The molecule has 0 aliphatic rings. The van der Waals surface area contributed by atoms with Crippen molar-refractivity contribution in [2.45, 2.75) is 93.4 Å². The van der Waals surface area contributed by atoms with Gasteiger partial charge in [0.1, 0.15) is 17.3 Å². The Kier molecular flexibility index (Phi) is 10.3. The quantitative estimate of drug-likeness (QED) is 0.127. The molecule has 3 aromatic heterocycles. The van der Waals surface area contributed by atoms with Crippen LogP contribution < -0.4 is 4.74 Å². The van der Waals surface area contributed by atoms with Gasteiger partial charge in [-0.05, 0) is 116 Å². The summed E-state index contributed by atoms with van der Waals surface area (Å²) in [4.78, 5) is 4.95. The van der Waals surface area contributed by atoms with E-state index in [9.17, 15) is 0 Å². The highest BCUT2D eigenvalue weighted by molar-refractivity contribution is 6.09. The van der Waals surface area contributed by atoms with E-state index in [1.165, 1.54) is 52.3 Å². The average Bonchev–Trinajstić information content (AvgIpc) is 3.63. The minimum atomic E-state index is 0.265. The summed E-state index contributed by atoms with van der Waals surface area (Å²) in [5, 5.41) is 7.40. The molecule has 5 heteroatoms. The van der Waals surface area contributed by atoms with Crippen molar-refractivity contribution in [3.63, 3.8) is 0 Å². The van der Waals surface area contributed by atoms with Crippen LogP contribution in [0.1, 0.15) is 95.7 Å². The van der Waals surface area contributed by atoms with Crippen molar-refractivity contribution in [2.24, 2.45) is 11.3 Å². The lowest BCUT2D eigenvalue weighted by Crippen LogP contribution is -2.07. The maximum absolute atomic E-state index is 6.65. The number of aromatic nitrogens is 4. The Morgan fingerprint density at radius 1 is 0.774 bits per heavy atom. The van der Waals surface area contributed by atoms with Crippen LogP contribution in [0.3, 0.4) is 0 Å². The van der Waals surface area contributed by atoms with Crippen LogP contribution in [0.4, 0.5) is 0 Å². The molecular formula is C48H54N4O. The smallest absolute Gasteiger partial charge is 0.137 e. The fourth-order valence-corrected chi connectivity index (χ4v) is 7.97. The van der Waals surface area contributed by atoms with E-state index >= 15 is 0 Å². The van der Waals surface area contributed by atoms with Crippen molar-refractivity contribution < 1.29 is 4.74 Å². The molecule has 7 rings (SSSR count). The second-order valence-electron chi connectivity index (χ2n) is 16.3. The molecule has 0 bridgehead atoms. The fraction of sp³-hybridized carbons (Fsp3) is 0.333. The van der Waals surface area contributed by atoms with Gasteiger partial charge >= 0.3 is 0 Å². The molecule has 2 atom stereocenters. The van der Waals surface area contributed by atoms with E-state index in [0.717, 1.165) is 58.3 Å². The van der Waals surface area contributed by atoms with Crippen molar-refractivity contribution in [2.75, 3.05) is 0 Å². The first kappa shape index (κ1) is 36.2. The summed E-state index contributed by atoms with van der Waals surface area (Å²) in [5.74, 6) is 3.67. The van der Waals surface area contributed by atoms with Gasteiger partial charge in [-0.1, -0.05) is 96.8 Å². The van der Waals surface area contributed by atoms with Gasteiger partial charge in [0, 0.05) is 40.4 Å². The third-order valence-electron chi connectivity index (χ3n) is 10.7. The van der Waals surface area contributed by atoms with Crippen LogP contribution in [0.5, 0.6) is 11.5 Å². The number of hydrogen-bond donors (Lipinski definition) is 0. The maximum Gasteiger partial charge on any atom is 0.137 e. The molecule has 0 amide bonds. The molecule has 7 aromatic rings. The molecule has 5 nitrogen and oxygen atoms in total.